The van der Waals surface area contributed by atoms with Crippen LogP contribution in [0.15, 0.2) is 32.7 Å². The number of nitrogens with zero attached hydrogens (tertiary/aromatic N) is 1. The van der Waals surface area contributed by atoms with Gasteiger partial charge in [-0.25, -0.2) is 0 Å². The molecule has 2 aromatic heterocycles. The van der Waals surface area contributed by atoms with Gasteiger partial charge in [0.15, 0.2) is 0 Å². The molecule has 0 spiro atoms. The van der Waals surface area contributed by atoms with Crippen molar-refractivity contribution in [2.45, 2.75) is 13.5 Å². The van der Waals surface area contributed by atoms with Crippen LogP contribution < -0.4 is 5.32 Å². The zero-order valence-corrected chi connectivity index (χ0v) is 12.6. The Morgan fingerprint density at radius 1 is 1.44 bits per heavy atom. The van der Waals surface area contributed by atoms with Gasteiger partial charge in [-0.15, -0.1) is 11.3 Å². The molecule has 0 aliphatic carbocycles. The molecule has 0 bridgehead atoms. The van der Waals surface area contributed by atoms with Crippen molar-refractivity contribution in [1.29, 1.82) is 0 Å². The van der Waals surface area contributed by atoms with Crippen molar-refractivity contribution in [2.24, 2.45) is 0 Å². The second kappa shape index (κ2) is 5.29. The molecule has 2 heterocycles. The third kappa shape index (κ3) is 2.84. The molecule has 0 aliphatic heterocycles. The van der Waals surface area contributed by atoms with E-state index >= 15 is 0 Å². The van der Waals surface area contributed by atoms with Crippen molar-refractivity contribution in [2.75, 3.05) is 5.32 Å². The van der Waals surface area contributed by atoms with Crippen molar-refractivity contribution in [3.8, 4) is 0 Å². The van der Waals surface area contributed by atoms with Crippen LogP contribution >= 0.6 is 43.2 Å². The van der Waals surface area contributed by atoms with E-state index in [4.69, 9.17) is 0 Å². The van der Waals surface area contributed by atoms with Crippen LogP contribution in [0.25, 0.3) is 0 Å². The van der Waals surface area contributed by atoms with E-state index in [0.29, 0.717) is 0 Å². The molecule has 0 amide bonds. The molecule has 1 N–H and O–H groups in total. The summed E-state index contributed by atoms with van der Waals surface area (Å²) in [7, 11) is 0. The summed E-state index contributed by atoms with van der Waals surface area (Å²) in [5, 5.41) is 3.38. The van der Waals surface area contributed by atoms with Crippen LogP contribution in [0.2, 0.25) is 0 Å². The van der Waals surface area contributed by atoms with Crippen LogP contribution in [-0.2, 0) is 6.54 Å². The average molecular weight is 362 g/mol. The molecule has 0 aromatic carbocycles. The highest BCUT2D eigenvalue weighted by Gasteiger charge is 2.04. The number of aryl methyl sites for hydroxylation is 1. The van der Waals surface area contributed by atoms with Gasteiger partial charge in [-0.1, -0.05) is 0 Å². The smallest absolute Gasteiger partial charge is 0.0843 e. The molecule has 0 saturated heterocycles. The number of pyridine rings is 1. The topological polar surface area (TPSA) is 24.9 Å². The fraction of sp³-hybridized carbons (Fsp3) is 0.182. The van der Waals surface area contributed by atoms with Gasteiger partial charge in [-0.2, -0.15) is 0 Å². The Morgan fingerprint density at radius 2 is 2.25 bits per heavy atom. The van der Waals surface area contributed by atoms with Crippen LogP contribution in [0.3, 0.4) is 0 Å². The molecule has 2 aromatic rings. The SMILES string of the molecule is Cc1ncccc1NCc1cc(Br)c(Br)s1. The van der Waals surface area contributed by atoms with Crippen LogP contribution in [-0.4, -0.2) is 4.98 Å². The first-order chi connectivity index (χ1) is 7.66. The van der Waals surface area contributed by atoms with E-state index in [-0.39, 0.29) is 0 Å². The van der Waals surface area contributed by atoms with Gasteiger partial charge in [-0.3, -0.25) is 4.98 Å². The molecule has 5 heteroatoms. The zero-order valence-electron chi connectivity index (χ0n) is 8.63. The lowest BCUT2D eigenvalue weighted by Crippen LogP contribution is -2.00. The minimum absolute atomic E-state index is 0.821. The Labute approximate surface area is 115 Å². The maximum Gasteiger partial charge on any atom is 0.0843 e. The number of aromatic nitrogens is 1. The predicted octanol–water partition coefficient (Wildman–Crippen LogP) is 4.59. The van der Waals surface area contributed by atoms with Crippen LogP contribution in [0, 0.1) is 6.92 Å². The quantitative estimate of drug-likeness (QED) is 0.864. The summed E-state index contributed by atoms with van der Waals surface area (Å²) in [5.41, 5.74) is 2.11. The van der Waals surface area contributed by atoms with Crippen LogP contribution in [0.1, 0.15) is 10.6 Å². The van der Waals surface area contributed by atoms with E-state index in [0.717, 1.165) is 26.2 Å². The van der Waals surface area contributed by atoms with E-state index in [2.05, 4.69) is 48.2 Å². The number of rotatable bonds is 3. The molecule has 2 rings (SSSR count). The highest BCUT2D eigenvalue weighted by Crippen LogP contribution is 2.32. The molecule has 0 radical (unpaired) electrons. The monoisotopic (exact) mass is 360 g/mol. The largest absolute Gasteiger partial charge is 0.379 e. The normalized spacial score (nSPS) is 10.4. The maximum atomic E-state index is 4.24. The summed E-state index contributed by atoms with van der Waals surface area (Å²) in [6.07, 6.45) is 1.80. The third-order valence-corrected chi connectivity index (χ3v) is 5.41. The van der Waals surface area contributed by atoms with E-state index in [1.807, 2.05) is 19.1 Å². The van der Waals surface area contributed by atoms with Crippen molar-refractivity contribution in [1.82, 2.24) is 4.98 Å². The van der Waals surface area contributed by atoms with Crippen LogP contribution in [0.5, 0.6) is 0 Å². The van der Waals surface area contributed by atoms with Gasteiger partial charge in [0.2, 0.25) is 0 Å². The highest BCUT2D eigenvalue weighted by atomic mass is 79.9. The number of hydrogen-bond acceptors (Lipinski definition) is 3. The number of thiophene rings is 1. The first-order valence-corrected chi connectivity index (χ1v) is 7.16. The minimum atomic E-state index is 0.821. The van der Waals surface area contributed by atoms with Crippen molar-refractivity contribution >= 4 is 48.9 Å². The molecular weight excluding hydrogens is 352 g/mol. The van der Waals surface area contributed by atoms with E-state index < -0.39 is 0 Å². The van der Waals surface area contributed by atoms with Gasteiger partial charge < -0.3 is 5.32 Å². The molecular formula is C11H10Br2N2S. The van der Waals surface area contributed by atoms with Crippen molar-refractivity contribution < 1.29 is 0 Å². The summed E-state index contributed by atoms with van der Waals surface area (Å²) >= 11 is 8.69. The second-order valence-corrected chi connectivity index (χ2v) is 6.63. The number of halogens is 2. The molecule has 0 saturated carbocycles. The Balaban J connectivity index is 2.05. The van der Waals surface area contributed by atoms with Gasteiger partial charge in [0.25, 0.3) is 0 Å². The Hall–Kier alpha value is -0.390. The maximum absolute atomic E-state index is 4.24. The summed E-state index contributed by atoms with van der Waals surface area (Å²) in [5.74, 6) is 0. The van der Waals surface area contributed by atoms with E-state index in [1.165, 1.54) is 4.88 Å². The molecule has 0 unspecified atom stereocenters. The van der Waals surface area contributed by atoms with Crippen molar-refractivity contribution in [3.63, 3.8) is 0 Å². The van der Waals surface area contributed by atoms with Crippen molar-refractivity contribution in [3.05, 3.63) is 43.2 Å². The van der Waals surface area contributed by atoms with Gasteiger partial charge >= 0.3 is 0 Å². The molecule has 16 heavy (non-hydrogen) atoms. The number of hydrogen-bond donors (Lipinski definition) is 1. The summed E-state index contributed by atoms with van der Waals surface area (Å²) in [4.78, 5) is 5.52. The zero-order chi connectivity index (χ0) is 11.5. The fourth-order valence-electron chi connectivity index (χ4n) is 1.33. The van der Waals surface area contributed by atoms with Gasteiger partial charge in [-0.05, 0) is 57.0 Å². The summed E-state index contributed by atoms with van der Waals surface area (Å²) in [6.45, 7) is 2.82. The second-order valence-electron chi connectivity index (χ2n) is 3.32. The standard InChI is InChI=1S/C11H10Br2N2S/c1-7-10(3-2-4-14-7)15-6-8-5-9(12)11(13)16-8/h2-5,15H,6H2,1H3. The number of anilines is 1. The lowest BCUT2D eigenvalue weighted by Gasteiger charge is -2.06. The van der Waals surface area contributed by atoms with Gasteiger partial charge in [0.1, 0.15) is 0 Å². The Kier molecular flexibility index (Phi) is 4.00. The number of nitrogens with one attached hydrogen (secondary N) is 1. The van der Waals surface area contributed by atoms with E-state index in [1.54, 1.807) is 17.5 Å². The van der Waals surface area contributed by atoms with Gasteiger partial charge in [0.05, 0.1) is 15.2 Å². The fourth-order valence-corrected chi connectivity index (χ4v) is 3.45. The molecule has 0 atom stereocenters. The first kappa shape index (κ1) is 12.1. The highest BCUT2D eigenvalue weighted by molar-refractivity contribution is 9.13. The minimum Gasteiger partial charge on any atom is -0.379 e. The van der Waals surface area contributed by atoms with Crippen LogP contribution in [0.4, 0.5) is 5.69 Å². The lowest BCUT2D eigenvalue weighted by molar-refractivity contribution is 1.13. The Bertz CT molecular complexity index is 477. The Morgan fingerprint density at radius 3 is 2.88 bits per heavy atom. The predicted molar refractivity (Wildman–Crippen MR) is 76.0 cm³/mol. The summed E-state index contributed by atoms with van der Waals surface area (Å²) < 4.78 is 2.24. The summed E-state index contributed by atoms with van der Waals surface area (Å²) in [6, 6.07) is 6.10. The molecule has 84 valence electrons. The first-order valence-electron chi connectivity index (χ1n) is 4.76. The lowest BCUT2D eigenvalue weighted by atomic mass is 10.3. The molecule has 0 fully saturated rings. The average Bonchev–Trinajstić information content (AvgIpc) is 2.57. The third-order valence-electron chi connectivity index (χ3n) is 2.16. The van der Waals surface area contributed by atoms with E-state index in [9.17, 15) is 0 Å². The molecule has 2 nitrogen and oxygen atoms in total. The van der Waals surface area contributed by atoms with Gasteiger partial charge in [0, 0.05) is 22.1 Å². The molecule has 0 aliphatic rings.